The fraction of sp³-hybridized carbons (Fsp3) is 0.462. The number of nitrogens with one attached hydrogen (secondary N) is 1. The predicted molar refractivity (Wildman–Crippen MR) is 134 cm³/mol. The lowest BCUT2D eigenvalue weighted by atomic mass is 10.0. The van der Waals surface area contributed by atoms with Crippen LogP contribution in [-0.2, 0) is 9.59 Å². The van der Waals surface area contributed by atoms with Gasteiger partial charge in [-0.1, -0.05) is 38.1 Å². The van der Waals surface area contributed by atoms with Crippen LogP contribution in [0.4, 0.5) is 5.69 Å². The van der Waals surface area contributed by atoms with Gasteiger partial charge >= 0.3 is 0 Å². The summed E-state index contributed by atoms with van der Waals surface area (Å²) in [6.07, 6.45) is 0. The summed E-state index contributed by atoms with van der Waals surface area (Å²) >= 11 is 1.61. The highest BCUT2D eigenvalue weighted by Gasteiger charge is 2.28. The first-order valence-electron chi connectivity index (χ1n) is 11.4. The molecule has 0 radical (unpaired) electrons. The van der Waals surface area contributed by atoms with Crippen molar-refractivity contribution >= 4 is 29.3 Å². The Bertz CT molecular complexity index is 935. The summed E-state index contributed by atoms with van der Waals surface area (Å²) in [5.74, 6) is 0.849. The first kappa shape index (κ1) is 24.2. The van der Waals surface area contributed by atoms with Gasteiger partial charge in [-0.2, -0.15) is 0 Å². The molecule has 32 heavy (non-hydrogen) atoms. The molecular weight excluding hydrogens is 418 g/mol. The van der Waals surface area contributed by atoms with E-state index in [1.54, 1.807) is 11.8 Å². The molecule has 2 aromatic carbocycles. The molecule has 1 atom stereocenters. The lowest BCUT2D eigenvalue weighted by Crippen LogP contribution is -2.55. The Morgan fingerprint density at radius 2 is 1.66 bits per heavy atom. The Hall–Kier alpha value is -2.47. The SMILES string of the molecule is CC(=O)NC(CSc1ccc(C(C)C)cc1)C(=O)N1CCN(c2cccc(C)c2C)CC1. The van der Waals surface area contributed by atoms with Crippen molar-refractivity contribution in [3.8, 4) is 0 Å². The van der Waals surface area contributed by atoms with Crippen LogP contribution in [0.1, 0.15) is 43.4 Å². The molecule has 0 spiro atoms. The third-order valence-corrected chi connectivity index (χ3v) is 7.25. The van der Waals surface area contributed by atoms with Crippen LogP contribution in [0.15, 0.2) is 47.4 Å². The van der Waals surface area contributed by atoms with Crippen molar-refractivity contribution in [2.75, 3.05) is 36.8 Å². The molecule has 1 fully saturated rings. The molecule has 0 aliphatic carbocycles. The molecule has 2 aromatic rings. The van der Waals surface area contributed by atoms with Gasteiger partial charge in [-0.05, 0) is 54.7 Å². The predicted octanol–water partition coefficient (Wildman–Crippen LogP) is 4.37. The third-order valence-electron chi connectivity index (χ3n) is 6.15. The monoisotopic (exact) mass is 453 g/mol. The lowest BCUT2D eigenvalue weighted by Gasteiger charge is -2.38. The second kappa shape index (κ2) is 10.9. The molecule has 1 aliphatic heterocycles. The van der Waals surface area contributed by atoms with Crippen LogP contribution >= 0.6 is 11.8 Å². The summed E-state index contributed by atoms with van der Waals surface area (Å²) in [5, 5.41) is 2.87. The van der Waals surface area contributed by atoms with E-state index in [-0.39, 0.29) is 11.8 Å². The van der Waals surface area contributed by atoms with Crippen molar-refractivity contribution in [2.24, 2.45) is 0 Å². The Labute approximate surface area is 196 Å². The summed E-state index contributed by atoms with van der Waals surface area (Å²) in [6.45, 7) is 13.0. The Morgan fingerprint density at radius 1 is 1.00 bits per heavy atom. The fourth-order valence-electron chi connectivity index (χ4n) is 4.01. The lowest BCUT2D eigenvalue weighted by molar-refractivity contribution is -0.135. The van der Waals surface area contributed by atoms with Crippen LogP contribution in [0.25, 0.3) is 0 Å². The van der Waals surface area contributed by atoms with E-state index in [0.29, 0.717) is 24.8 Å². The average Bonchev–Trinajstić information content (AvgIpc) is 2.78. The van der Waals surface area contributed by atoms with E-state index in [2.05, 4.69) is 80.4 Å². The fourth-order valence-corrected chi connectivity index (χ4v) is 4.93. The summed E-state index contributed by atoms with van der Waals surface area (Å²) in [6, 6.07) is 14.3. The smallest absolute Gasteiger partial charge is 0.246 e. The zero-order chi connectivity index (χ0) is 23.3. The number of carbonyl (C=O) groups is 2. The number of carbonyl (C=O) groups excluding carboxylic acids is 2. The molecule has 0 bridgehead atoms. The van der Waals surface area contributed by atoms with E-state index in [9.17, 15) is 9.59 Å². The van der Waals surface area contributed by atoms with Crippen molar-refractivity contribution in [3.05, 3.63) is 59.2 Å². The second-order valence-corrected chi connectivity index (χ2v) is 9.91. The van der Waals surface area contributed by atoms with Crippen LogP contribution in [0.2, 0.25) is 0 Å². The van der Waals surface area contributed by atoms with E-state index >= 15 is 0 Å². The maximum Gasteiger partial charge on any atom is 0.246 e. The molecule has 1 unspecified atom stereocenters. The van der Waals surface area contributed by atoms with Crippen LogP contribution in [-0.4, -0.2) is 54.7 Å². The van der Waals surface area contributed by atoms with E-state index in [4.69, 9.17) is 0 Å². The Morgan fingerprint density at radius 3 is 2.25 bits per heavy atom. The number of rotatable bonds is 7. The number of thioether (sulfide) groups is 1. The van der Waals surface area contributed by atoms with Crippen molar-refractivity contribution < 1.29 is 9.59 Å². The molecule has 2 amide bonds. The van der Waals surface area contributed by atoms with Crippen LogP contribution in [0.5, 0.6) is 0 Å². The van der Waals surface area contributed by atoms with Gasteiger partial charge in [0.2, 0.25) is 11.8 Å². The Kier molecular flexibility index (Phi) is 8.24. The maximum absolute atomic E-state index is 13.2. The number of nitrogens with zero attached hydrogens (tertiary/aromatic N) is 2. The van der Waals surface area contributed by atoms with Gasteiger partial charge in [0.05, 0.1) is 0 Å². The summed E-state index contributed by atoms with van der Waals surface area (Å²) < 4.78 is 0. The number of aryl methyl sites for hydroxylation is 1. The van der Waals surface area contributed by atoms with Crippen molar-refractivity contribution in [1.82, 2.24) is 10.2 Å². The molecule has 1 heterocycles. The van der Waals surface area contributed by atoms with E-state index in [1.807, 2.05) is 4.90 Å². The van der Waals surface area contributed by atoms with Gasteiger partial charge in [0.15, 0.2) is 0 Å². The van der Waals surface area contributed by atoms with Gasteiger partial charge in [0.25, 0.3) is 0 Å². The third kappa shape index (κ3) is 6.06. The summed E-state index contributed by atoms with van der Waals surface area (Å²) in [5.41, 5.74) is 5.12. The Balaban J connectivity index is 1.61. The molecule has 1 saturated heterocycles. The zero-order valence-corrected chi connectivity index (χ0v) is 20.7. The van der Waals surface area contributed by atoms with Crippen LogP contribution in [0.3, 0.4) is 0 Å². The molecular formula is C26H35N3O2S. The molecule has 3 rings (SSSR count). The molecule has 5 nitrogen and oxygen atoms in total. The van der Waals surface area contributed by atoms with Crippen molar-refractivity contribution in [2.45, 2.75) is 51.5 Å². The van der Waals surface area contributed by atoms with Crippen molar-refractivity contribution in [3.63, 3.8) is 0 Å². The van der Waals surface area contributed by atoms with Crippen LogP contribution < -0.4 is 10.2 Å². The minimum atomic E-state index is -0.519. The minimum Gasteiger partial charge on any atom is -0.368 e. The normalized spacial score (nSPS) is 15.1. The molecule has 6 heteroatoms. The highest BCUT2D eigenvalue weighted by Crippen LogP contribution is 2.25. The van der Waals surface area contributed by atoms with Crippen LogP contribution in [0, 0.1) is 13.8 Å². The van der Waals surface area contributed by atoms with Gasteiger partial charge < -0.3 is 15.1 Å². The molecule has 0 aromatic heterocycles. The van der Waals surface area contributed by atoms with E-state index < -0.39 is 6.04 Å². The van der Waals surface area contributed by atoms with E-state index in [1.165, 1.54) is 29.3 Å². The molecule has 1 aliphatic rings. The molecule has 172 valence electrons. The zero-order valence-electron chi connectivity index (χ0n) is 19.9. The highest BCUT2D eigenvalue weighted by molar-refractivity contribution is 7.99. The molecule has 1 N–H and O–H groups in total. The largest absolute Gasteiger partial charge is 0.368 e. The molecule has 0 saturated carbocycles. The number of amides is 2. The van der Waals surface area contributed by atoms with Gasteiger partial charge in [-0.3, -0.25) is 9.59 Å². The van der Waals surface area contributed by atoms with Gasteiger partial charge in [-0.15, -0.1) is 11.8 Å². The standard InChI is InChI=1S/C26H35N3O2S/c1-18(2)22-9-11-23(12-10-22)32-17-24(27-21(5)30)26(31)29-15-13-28(14-16-29)25-8-6-7-19(3)20(25)4/h6-12,18,24H,13-17H2,1-5H3,(H,27,30). The topological polar surface area (TPSA) is 52.7 Å². The van der Waals surface area contributed by atoms with Crippen molar-refractivity contribution in [1.29, 1.82) is 0 Å². The van der Waals surface area contributed by atoms with Gasteiger partial charge in [-0.25, -0.2) is 0 Å². The first-order valence-corrected chi connectivity index (χ1v) is 12.3. The van der Waals surface area contributed by atoms with Gasteiger partial charge in [0.1, 0.15) is 6.04 Å². The first-order chi connectivity index (χ1) is 15.3. The van der Waals surface area contributed by atoms with Gasteiger partial charge in [0, 0.05) is 49.4 Å². The highest BCUT2D eigenvalue weighted by atomic mass is 32.2. The minimum absolute atomic E-state index is 0.00659. The van der Waals surface area contributed by atoms with E-state index in [0.717, 1.165) is 18.0 Å². The second-order valence-electron chi connectivity index (χ2n) is 8.82. The number of anilines is 1. The summed E-state index contributed by atoms with van der Waals surface area (Å²) in [4.78, 5) is 30.4. The maximum atomic E-state index is 13.2. The number of benzene rings is 2. The number of piperazine rings is 1. The number of hydrogen-bond acceptors (Lipinski definition) is 4. The average molecular weight is 454 g/mol. The number of hydrogen-bond donors (Lipinski definition) is 1. The summed E-state index contributed by atoms with van der Waals surface area (Å²) in [7, 11) is 0. The quantitative estimate of drug-likeness (QED) is 0.633.